The molecule has 1 aromatic rings. The van der Waals surface area contributed by atoms with Crippen LogP contribution < -0.4 is 0 Å². The van der Waals surface area contributed by atoms with Gasteiger partial charge in [0.25, 0.3) is 0 Å². The highest BCUT2D eigenvalue weighted by Gasteiger charge is 2.23. The SMILES string of the molecule is CCn1cc(S(=O)(=O)N(C)CCOC(C)C)cc1CO. The quantitative estimate of drug-likeness (QED) is 0.779. The summed E-state index contributed by atoms with van der Waals surface area (Å²) in [5.41, 5.74) is 0.595. The van der Waals surface area contributed by atoms with Crippen molar-refractivity contribution in [2.45, 2.75) is 44.9 Å². The van der Waals surface area contributed by atoms with Crippen LogP contribution in [0.4, 0.5) is 0 Å². The van der Waals surface area contributed by atoms with E-state index in [1.54, 1.807) is 10.8 Å². The molecule has 1 aromatic heterocycles. The van der Waals surface area contributed by atoms with Crippen molar-refractivity contribution in [2.75, 3.05) is 20.2 Å². The maximum atomic E-state index is 12.4. The molecule has 0 bridgehead atoms. The highest BCUT2D eigenvalue weighted by molar-refractivity contribution is 7.89. The summed E-state index contributed by atoms with van der Waals surface area (Å²) in [5, 5.41) is 9.22. The number of likely N-dealkylation sites (N-methyl/N-ethyl adjacent to an activating group) is 1. The third-order valence-electron chi connectivity index (χ3n) is 3.03. The van der Waals surface area contributed by atoms with Gasteiger partial charge in [-0.25, -0.2) is 8.42 Å². The molecule has 1 heterocycles. The fourth-order valence-corrected chi connectivity index (χ4v) is 3.03. The van der Waals surface area contributed by atoms with Crippen molar-refractivity contribution in [1.82, 2.24) is 8.87 Å². The number of aliphatic hydroxyl groups is 1. The van der Waals surface area contributed by atoms with E-state index in [9.17, 15) is 13.5 Å². The second kappa shape index (κ2) is 7.21. The number of hydrogen-bond acceptors (Lipinski definition) is 4. The number of hydrogen-bond donors (Lipinski definition) is 1. The van der Waals surface area contributed by atoms with Gasteiger partial charge in [-0.2, -0.15) is 4.31 Å². The van der Waals surface area contributed by atoms with Gasteiger partial charge < -0.3 is 14.4 Å². The molecule has 0 aromatic carbocycles. The van der Waals surface area contributed by atoms with Crippen LogP contribution in [0.3, 0.4) is 0 Å². The van der Waals surface area contributed by atoms with Gasteiger partial charge >= 0.3 is 0 Å². The Morgan fingerprint density at radius 2 is 2.10 bits per heavy atom. The second-order valence-corrected chi connectivity index (χ2v) is 6.90. The summed E-state index contributed by atoms with van der Waals surface area (Å²) in [7, 11) is -2.01. The fourth-order valence-electron chi connectivity index (χ4n) is 1.81. The number of aryl methyl sites for hydroxylation is 1. The summed E-state index contributed by atoms with van der Waals surface area (Å²) in [6.45, 7) is 6.80. The molecule has 0 aliphatic rings. The molecule has 1 rings (SSSR count). The van der Waals surface area contributed by atoms with E-state index in [0.717, 1.165) is 0 Å². The average molecular weight is 304 g/mol. The molecule has 0 aliphatic heterocycles. The summed E-state index contributed by atoms with van der Waals surface area (Å²) < 4.78 is 33.1. The third-order valence-corrected chi connectivity index (χ3v) is 4.85. The Bertz CT molecular complexity index is 501. The highest BCUT2D eigenvalue weighted by Crippen LogP contribution is 2.18. The minimum absolute atomic E-state index is 0.0771. The molecule has 20 heavy (non-hydrogen) atoms. The van der Waals surface area contributed by atoms with Gasteiger partial charge in [-0.1, -0.05) is 0 Å². The van der Waals surface area contributed by atoms with Crippen LogP contribution in [0.25, 0.3) is 0 Å². The number of aromatic nitrogens is 1. The minimum Gasteiger partial charge on any atom is -0.390 e. The van der Waals surface area contributed by atoms with Gasteiger partial charge in [0.05, 0.1) is 19.3 Å². The lowest BCUT2D eigenvalue weighted by Gasteiger charge is -2.17. The van der Waals surface area contributed by atoms with Gasteiger partial charge in [-0.05, 0) is 26.8 Å². The monoisotopic (exact) mass is 304 g/mol. The van der Waals surface area contributed by atoms with Crippen molar-refractivity contribution >= 4 is 10.0 Å². The summed E-state index contributed by atoms with van der Waals surface area (Å²) in [5.74, 6) is 0. The zero-order valence-corrected chi connectivity index (χ0v) is 13.4. The fraction of sp³-hybridized carbons (Fsp3) is 0.692. The van der Waals surface area contributed by atoms with Crippen molar-refractivity contribution in [2.24, 2.45) is 0 Å². The van der Waals surface area contributed by atoms with E-state index >= 15 is 0 Å². The van der Waals surface area contributed by atoms with E-state index < -0.39 is 10.0 Å². The Kier molecular flexibility index (Phi) is 6.19. The first-order valence-corrected chi connectivity index (χ1v) is 8.14. The molecular formula is C13H24N2O4S. The number of sulfonamides is 1. The molecule has 0 atom stereocenters. The molecule has 0 amide bonds. The van der Waals surface area contributed by atoms with Gasteiger partial charge in [0, 0.05) is 32.0 Å². The molecule has 0 fully saturated rings. The number of nitrogens with zero attached hydrogens (tertiary/aromatic N) is 2. The van der Waals surface area contributed by atoms with Crippen molar-refractivity contribution in [3.8, 4) is 0 Å². The van der Waals surface area contributed by atoms with E-state index in [-0.39, 0.29) is 17.6 Å². The van der Waals surface area contributed by atoms with E-state index in [4.69, 9.17) is 4.74 Å². The van der Waals surface area contributed by atoms with E-state index in [2.05, 4.69) is 0 Å². The lowest BCUT2D eigenvalue weighted by molar-refractivity contribution is 0.0737. The van der Waals surface area contributed by atoms with Crippen molar-refractivity contribution in [1.29, 1.82) is 0 Å². The third kappa shape index (κ3) is 4.05. The van der Waals surface area contributed by atoms with E-state index in [0.29, 0.717) is 25.4 Å². The molecule has 0 spiro atoms. The first kappa shape index (κ1) is 17.2. The Hall–Kier alpha value is -0.890. The maximum absolute atomic E-state index is 12.4. The van der Waals surface area contributed by atoms with Crippen LogP contribution in [0.2, 0.25) is 0 Å². The van der Waals surface area contributed by atoms with Crippen molar-refractivity contribution in [3.05, 3.63) is 18.0 Å². The lowest BCUT2D eigenvalue weighted by Crippen LogP contribution is -2.30. The Balaban J connectivity index is 2.84. The molecular weight excluding hydrogens is 280 g/mol. The van der Waals surface area contributed by atoms with Gasteiger partial charge in [0.15, 0.2) is 0 Å². The first-order valence-electron chi connectivity index (χ1n) is 6.70. The van der Waals surface area contributed by atoms with Crippen LogP contribution in [0, 0.1) is 0 Å². The van der Waals surface area contributed by atoms with E-state index in [1.807, 2.05) is 20.8 Å². The topological polar surface area (TPSA) is 71.8 Å². The standard InChI is InChI=1S/C13H24N2O4S/c1-5-15-9-13(8-12(15)10-16)20(17,18)14(4)6-7-19-11(2)3/h8-9,11,16H,5-7,10H2,1-4H3. The Morgan fingerprint density at radius 3 is 2.55 bits per heavy atom. The van der Waals surface area contributed by atoms with Crippen LogP contribution in [-0.4, -0.2) is 48.7 Å². The summed E-state index contributed by atoms with van der Waals surface area (Å²) in [6, 6.07) is 1.51. The maximum Gasteiger partial charge on any atom is 0.244 e. The number of ether oxygens (including phenoxy) is 1. The molecule has 0 aliphatic carbocycles. The molecule has 0 radical (unpaired) electrons. The number of aliphatic hydroxyl groups excluding tert-OH is 1. The van der Waals surface area contributed by atoms with Crippen LogP contribution in [-0.2, 0) is 27.9 Å². The second-order valence-electron chi connectivity index (χ2n) is 4.86. The zero-order chi connectivity index (χ0) is 15.3. The van der Waals surface area contributed by atoms with E-state index in [1.165, 1.54) is 17.4 Å². The molecule has 0 saturated carbocycles. The van der Waals surface area contributed by atoms with Gasteiger partial charge in [-0.15, -0.1) is 0 Å². The molecule has 1 N–H and O–H groups in total. The van der Waals surface area contributed by atoms with Crippen LogP contribution in [0.5, 0.6) is 0 Å². The summed E-state index contributed by atoms with van der Waals surface area (Å²) in [4.78, 5) is 0.204. The van der Waals surface area contributed by atoms with Gasteiger partial charge in [-0.3, -0.25) is 0 Å². The average Bonchev–Trinajstić information content (AvgIpc) is 2.81. The summed E-state index contributed by atoms with van der Waals surface area (Å²) >= 11 is 0. The predicted octanol–water partition coefficient (Wildman–Crippen LogP) is 1.05. The molecule has 0 saturated heterocycles. The van der Waals surface area contributed by atoms with Crippen molar-refractivity contribution < 1.29 is 18.3 Å². The zero-order valence-electron chi connectivity index (χ0n) is 12.5. The molecule has 7 heteroatoms. The molecule has 0 unspecified atom stereocenters. The van der Waals surface area contributed by atoms with Crippen LogP contribution >= 0.6 is 0 Å². The first-order chi connectivity index (χ1) is 9.32. The van der Waals surface area contributed by atoms with Crippen LogP contribution in [0.15, 0.2) is 17.2 Å². The lowest BCUT2D eigenvalue weighted by atomic mass is 10.4. The largest absolute Gasteiger partial charge is 0.390 e. The number of rotatable bonds is 8. The Labute approximate surface area is 121 Å². The minimum atomic E-state index is -3.54. The molecule has 116 valence electrons. The predicted molar refractivity (Wildman–Crippen MR) is 76.9 cm³/mol. The van der Waals surface area contributed by atoms with Gasteiger partial charge in [0.2, 0.25) is 10.0 Å². The smallest absolute Gasteiger partial charge is 0.244 e. The summed E-state index contributed by atoms with van der Waals surface area (Å²) in [6.07, 6.45) is 1.63. The highest BCUT2D eigenvalue weighted by atomic mass is 32.2. The normalized spacial score (nSPS) is 12.6. The van der Waals surface area contributed by atoms with Gasteiger partial charge in [0.1, 0.15) is 4.90 Å². The Morgan fingerprint density at radius 1 is 1.45 bits per heavy atom. The molecule has 6 nitrogen and oxygen atoms in total. The van der Waals surface area contributed by atoms with Crippen molar-refractivity contribution in [3.63, 3.8) is 0 Å². The van der Waals surface area contributed by atoms with Crippen LogP contribution in [0.1, 0.15) is 26.5 Å².